The van der Waals surface area contributed by atoms with Gasteiger partial charge < -0.3 is 4.74 Å². The molecule has 0 atom stereocenters. The first-order chi connectivity index (χ1) is 5.25. The molecule has 0 unspecified atom stereocenters. The van der Waals surface area contributed by atoms with Gasteiger partial charge in [0.1, 0.15) is 5.75 Å². The second kappa shape index (κ2) is 3.37. The van der Waals surface area contributed by atoms with E-state index in [-0.39, 0.29) is 0 Å². The van der Waals surface area contributed by atoms with Gasteiger partial charge in [-0.25, -0.2) is 0 Å². The van der Waals surface area contributed by atoms with Crippen molar-refractivity contribution in [1.29, 1.82) is 0 Å². The van der Waals surface area contributed by atoms with Crippen molar-refractivity contribution in [2.45, 2.75) is 20.8 Å². The Balaban J connectivity index is 2.96. The molecule has 0 radical (unpaired) electrons. The highest BCUT2D eigenvalue weighted by atomic mass is 16.5. The van der Waals surface area contributed by atoms with Crippen LogP contribution in [0.5, 0.6) is 5.75 Å². The summed E-state index contributed by atoms with van der Waals surface area (Å²) in [6.07, 6.45) is 3.60. The minimum Gasteiger partial charge on any atom is -0.492 e. The molecule has 0 fully saturated rings. The number of nitrogens with zero attached hydrogens (tertiary/aromatic N) is 1. The van der Waals surface area contributed by atoms with Crippen LogP contribution in [0.1, 0.15) is 18.1 Å². The molecule has 1 rings (SSSR count). The van der Waals surface area contributed by atoms with Gasteiger partial charge in [-0.05, 0) is 31.9 Å². The largest absolute Gasteiger partial charge is 0.492 e. The maximum atomic E-state index is 5.35. The third-order valence-electron chi connectivity index (χ3n) is 1.72. The summed E-state index contributed by atoms with van der Waals surface area (Å²) in [6, 6.07) is 0. The van der Waals surface area contributed by atoms with Crippen LogP contribution in [0, 0.1) is 13.8 Å². The van der Waals surface area contributed by atoms with Crippen LogP contribution in [0.4, 0.5) is 0 Å². The zero-order chi connectivity index (χ0) is 8.27. The Labute approximate surface area is 67.2 Å². The lowest BCUT2D eigenvalue weighted by atomic mass is 10.2. The lowest BCUT2D eigenvalue weighted by molar-refractivity contribution is 0.336. The molecule has 2 heteroatoms. The molecule has 2 nitrogen and oxygen atoms in total. The van der Waals surface area contributed by atoms with E-state index in [4.69, 9.17) is 4.74 Å². The molecule has 60 valence electrons. The SMILES string of the molecule is CCOc1cncc(C)c1C. The van der Waals surface area contributed by atoms with Gasteiger partial charge in [0.25, 0.3) is 0 Å². The Morgan fingerprint density at radius 1 is 1.36 bits per heavy atom. The van der Waals surface area contributed by atoms with E-state index in [9.17, 15) is 0 Å². The van der Waals surface area contributed by atoms with Crippen molar-refractivity contribution in [1.82, 2.24) is 4.98 Å². The normalized spacial score (nSPS) is 9.73. The monoisotopic (exact) mass is 151 g/mol. The summed E-state index contributed by atoms with van der Waals surface area (Å²) in [5, 5.41) is 0. The van der Waals surface area contributed by atoms with Crippen molar-refractivity contribution in [2.75, 3.05) is 6.61 Å². The van der Waals surface area contributed by atoms with Gasteiger partial charge in [0.05, 0.1) is 12.8 Å². The maximum Gasteiger partial charge on any atom is 0.140 e. The van der Waals surface area contributed by atoms with Crippen LogP contribution in [0.2, 0.25) is 0 Å². The van der Waals surface area contributed by atoms with Crippen molar-refractivity contribution in [3.05, 3.63) is 23.5 Å². The Kier molecular flexibility index (Phi) is 2.47. The molecule has 0 aliphatic rings. The average Bonchev–Trinajstić information content (AvgIpc) is 1.99. The molecule has 0 bridgehead atoms. The van der Waals surface area contributed by atoms with Gasteiger partial charge in [-0.15, -0.1) is 0 Å². The summed E-state index contributed by atoms with van der Waals surface area (Å²) in [4.78, 5) is 4.04. The van der Waals surface area contributed by atoms with Gasteiger partial charge >= 0.3 is 0 Å². The molecule has 0 aliphatic heterocycles. The fourth-order valence-corrected chi connectivity index (χ4v) is 0.906. The summed E-state index contributed by atoms with van der Waals surface area (Å²) >= 11 is 0. The van der Waals surface area contributed by atoms with Crippen molar-refractivity contribution in [2.24, 2.45) is 0 Å². The van der Waals surface area contributed by atoms with E-state index in [1.54, 1.807) is 6.20 Å². The van der Waals surface area contributed by atoms with Crippen LogP contribution in [-0.4, -0.2) is 11.6 Å². The quantitative estimate of drug-likeness (QED) is 0.645. The molecule has 0 aliphatic carbocycles. The second-order valence-corrected chi connectivity index (χ2v) is 2.51. The average molecular weight is 151 g/mol. The van der Waals surface area contributed by atoms with E-state index in [0.717, 1.165) is 5.75 Å². The van der Waals surface area contributed by atoms with Crippen LogP contribution in [0.3, 0.4) is 0 Å². The molecule has 0 saturated heterocycles. The van der Waals surface area contributed by atoms with Gasteiger partial charge in [0.2, 0.25) is 0 Å². The first-order valence-electron chi connectivity index (χ1n) is 3.79. The van der Waals surface area contributed by atoms with Gasteiger partial charge in [-0.1, -0.05) is 0 Å². The molecule has 1 aromatic rings. The summed E-state index contributed by atoms with van der Waals surface area (Å²) in [5.41, 5.74) is 2.36. The molecule has 11 heavy (non-hydrogen) atoms. The molecule has 1 aromatic heterocycles. The Morgan fingerprint density at radius 3 is 2.73 bits per heavy atom. The molecule has 0 N–H and O–H groups in total. The summed E-state index contributed by atoms with van der Waals surface area (Å²) in [6.45, 7) is 6.75. The molecule has 1 heterocycles. The molecule has 0 amide bonds. The number of aromatic nitrogens is 1. The number of hydrogen-bond donors (Lipinski definition) is 0. The number of aryl methyl sites for hydroxylation is 1. The third kappa shape index (κ3) is 1.70. The molecular formula is C9H13NO. The zero-order valence-electron chi connectivity index (χ0n) is 7.22. The lowest BCUT2D eigenvalue weighted by Crippen LogP contribution is -1.96. The number of hydrogen-bond acceptors (Lipinski definition) is 2. The van der Waals surface area contributed by atoms with E-state index in [0.29, 0.717) is 6.61 Å². The van der Waals surface area contributed by atoms with Gasteiger partial charge in [-0.3, -0.25) is 4.98 Å². The lowest BCUT2D eigenvalue weighted by Gasteiger charge is -2.07. The van der Waals surface area contributed by atoms with E-state index in [1.807, 2.05) is 27.0 Å². The van der Waals surface area contributed by atoms with Crippen molar-refractivity contribution < 1.29 is 4.74 Å². The standard InChI is InChI=1S/C9H13NO/c1-4-11-9-6-10-5-7(2)8(9)3/h5-6H,4H2,1-3H3. The van der Waals surface area contributed by atoms with Crippen molar-refractivity contribution >= 4 is 0 Å². The number of pyridine rings is 1. The van der Waals surface area contributed by atoms with Crippen LogP contribution >= 0.6 is 0 Å². The van der Waals surface area contributed by atoms with Crippen molar-refractivity contribution in [3.8, 4) is 5.75 Å². The Bertz CT molecular complexity index is 245. The van der Waals surface area contributed by atoms with E-state index < -0.39 is 0 Å². The van der Waals surface area contributed by atoms with Crippen molar-refractivity contribution in [3.63, 3.8) is 0 Å². The fraction of sp³-hybridized carbons (Fsp3) is 0.444. The highest BCUT2D eigenvalue weighted by Gasteiger charge is 1.99. The van der Waals surface area contributed by atoms with E-state index in [1.165, 1.54) is 11.1 Å². The number of ether oxygens (including phenoxy) is 1. The first kappa shape index (κ1) is 8.05. The third-order valence-corrected chi connectivity index (χ3v) is 1.72. The molecular weight excluding hydrogens is 138 g/mol. The molecule has 0 spiro atoms. The zero-order valence-corrected chi connectivity index (χ0v) is 7.22. The Morgan fingerprint density at radius 2 is 2.09 bits per heavy atom. The van der Waals surface area contributed by atoms with E-state index >= 15 is 0 Å². The fourth-order valence-electron chi connectivity index (χ4n) is 0.906. The van der Waals surface area contributed by atoms with Crippen LogP contribution in [0.25, 0.3) is 0 Å². The van der Waals surface area contributed by atoms with Gasteiger partial charge in [0, 0.05) is 6.20 Å². The Hall–Kier alpha value is -1.05. The van der Waals surface area contributed by atoms with E-state index in [2.05, 4.69) is 4.98 Å². The maximum absolute atomic E-state index is 5.35. The summed E-state index contributed by atoms with van der Waals surface area (Å²) < 4.78 is 5.35. The molecule has 0 aromatic carbocycles. The second-order valence-electron chi connectivity index (χ2n) is 2.51. The minimum absolute atomic E-state index is 0.700. The summed E-state index contributed by atoms with van der Waals surface area (Å²) in [7, 11) is 0. The highest BCUT2D eigenvalue weighted by molar-refractivity contribution is 5.34. The van der Waals surface area contributed by atoms with Gasteiger partial charge in [0.15, 0.2) is 0 Å². The topological polar surface area (TPSA) is 22.1 Å². The van der Waals surface area contributed by atoms with Crippen LogP contribution in [-0.2, 0) is 0 Å². The van der Waals surface area contributed by atoms with Crippen LogP contribution < -0.4 is 4.74 Å². The molecule has 0 saturated carbocycles. The first-order valence-corrected chi connectivity index (χ1v) is 3.79. The van der Waals surface area contributed by atoms with Gasteiger partial charge in [-0.2, -0.15) is 0 Å². The smallest absolute Gasteiger partial charge is 0.140 e. The predicted molar refractivity (Wildman–Crippen MR) is 44.9 cm³/mol. The highest BCUT2D eigenvalue weighted by Crippen LogP contribution is 2.18. The number of rotatable bonds is 2. The van der Waals surface area contributed by atoms with Crippen LogP contribution in [0.15, 0.2) is 12.4 Å². The predicted octanol–water partition coefficient (Wildman–Crippen LogP) is 2.10. The summed E-state index contributed by atoms with van der Waals surface area (Å²) in [5.74, 6) is 0.896. The minimum atomic E-state index is 0.700.